The van der Waals surface area contributed by atoms with Gasteiger partial charge in [-0.3, -0.25) is 14.9 Å². The van der Waals surface area contributed by atoms with Gasteiger partial charge in [0.15, 0.2) is 6.61 Å². The van der Waals surface area contributed by atoms with Crippen molar-refractivity contribution in [2.24, 2.45) is 0 Å². The number of nitrogens with zero attached hydrogens (tertiary/aromatic N) is 1. The Hall–Kier alpha value is -3.31. The second kappa shape index (κ2) is 8.59. The molecule has 28 heavy (non-hydrogen) atoms. The standard InChI is InChI=1S/C17H17N3O7S/c1-11-14(7-4-8-15(11)20(23)24)19-16(21)10-27-17(22)12-5-3-6-13(9-12)28(25,26)18-2/h3-9,18H,10H2,1-2H3,(H,19,21). The predicted octanol–water partition coefficient (Wildman–Crippen LogP) is 1.61. The van der Waals surface area contributed by atoms with E-state index in [0.29, 0.717) is 0 Å². The summed E-state index contributed by atoms with van der Waals surface area (Å²) in [6, 6.07) is 9.34. The van der Waals surface area contributed by atoms with Crippen LogP contribution in [0.3, 0.4) is 0 Å². The van der Waals surface area contributed by atoms with Crippen molar-refractivity contribution in [1.82, 2.24) is 4.72 Å². The number of rotatable bonds is 7. The van der Waals surface area contributed by atoms with E-state index < -0.39 is 33.4 Å². The molecule has 0 spiro atoms. The molecule has 0 heterocycles. The summed E-state index contributed by atoms with van der Waals surface area (Å²) >= 11 is 0. The normalized spacial score (nSPS) is 10.9. The number of nitro benzene ring substituents is 1. The van der Waals surface area contributed by atoms with Gasteiger partial charge in [0.1, 0.15) is 0 Å². The molecule has 0 unspecified atom stereocenters. The molecule has 0 saturated carbocycles. The molecule has 0 aliphatic rings. The van der Waals surface area contributed by atoms with Crippen molar-refractivity contribution in [1.29, 1.82) is 0 Å². The van der Waals surface area contributed by atoms with Crippen LogP contribution in [-0.2, 0) is 19.6 Å². The van der Waals surface area contributed by atoms with Crippen LogP contribution in [0, 0.1) is 17.0 Å². The van der Waals surface area contributed by atoms with Crippen molar-refractivity contribution in [2.75, 3.05) is 19.0 Å². The Balaban J connectivity index is 2.04. The van der Waals surface area contributed by atoms with Crippen molar-refractivity contribution in [3.8, 4) is 0 Å². The second-order valence-corrected chi connectivity index (χ2v) is 7.45. The van der Waals surface area contributed by atoms with E-state index in [1.165, 1.54) is 50.4 Å². The van der Waals surface area contributed by atoms with E-state index in [2.05, 4.69) is 10.0 Å². The third kappa shape index (κ3) is 4.90. The second-order valence-electron chi connectivity index (χ2n) is 5.57. The van der Waals surface area contributed by atoms with E-state index in [-0.39, 0.29) is 27.4 Å². The average molecular weight is 407 g/mol. The summed E-state index contributed by atoms with van der Waals surface area (Å²) in [4.78, 5) is 34.3. The summed E-state index contributed by atoms with van der Waals surface area (Å²) in [6.45, 7) is 0.831. The van der Waals surface area contributed by atoms with Crippen LogP contribution in [0.15, 0.2) is 47.4 Å². The highest BCUT2D eigenvalue weighted by Crippen LogP contribution is 2.24. The van der Waals surface area contributed by atoms with E-state index >= 15 is 0 Å². The molecule has 2 N–H and O–H groups in total. The number of ether oxygens (including phenoxy) is 1. The summed E-state index contributed by atoms with van der Waals surface area (Å²) in [5.74, 6) is -1.59. The quantitative estimate of drug-likeness (QED) is 0.403. The number of benzene rings is 2. The van der Waals surface area contributed by atoms with Gasteiger partial charge in [-0.1, -0.05) is 12.1 Å². The number of anilines is 1. The van der Waals surface area contributed by atoms with Crippen molar-refractivity contribution >= 4 is 33.3 Å². The number of hydrogen-bond donors (Lipinski definition) is 2. The van der Waals surface area contributed by atoms with Crippen molar-refractivity contribution in [3.63, 3.8) is 0 Å². The van der Waals surface area contributed by atoms with Crippen LogP contribution in [0.1, 0.15) is 15.9 Å². The number of carbonyl (C=O) groups is 2. The van der Waals surface area contributed by atoms with Gasteiger partial charge in [0.05, 0.1) is 26.6 Å². The Morgan fingerprint density at radius 1 is 1.18 bits per heavy atom. The Labute approximate surface area is 160 Å². The fourth-order valence-electron chi connectivity index (χ4n) is 2.27. The first-order valence-electron chi connectivity index (χ1n) is 7.90. The van der Waals surface area contributed by atoms with Crippen molar-refractivity contribution in [3.05, 3.63) is 63.7 Å². The molecule has 1 amide bonds. The number of esters is 1. The molecule has 11 heteroatoms. The molecule has 2 aromatic rings. The van der Waals surface area contributed by atoms with E-state index in [9.17, 15) is 28.1 Å². The van der Waals surface area contributed by atoms with Crippen molar-refractivity contribution in [2.45, 2.75) is 11.8 Å². The summed E-state index contributed by atoms with van der Waals surface area (Å²) in [7, 11) is -2.50. The Bertz CT molecular complexity index is 1030. The monoisotopic (exact) mass is 407 g/mol. The maximum Gasteiger partial charge on any atom is 0.338 e. The van der Waals surface area contributed by atoms with Crippen LogP contribution in [0.25, 0.3) is 0 Å². The summed E-state index contributed by atoms with van der Waals surface area (Å²) in [6.07, 6.45) is 0. The molecule has 2 aromatic carbocycles. The summed E-state index contributed by atoms with van der Waals surface area (Å²) in [5, 5.41) is 13.4. The van der Waals surface area contributed by atoms with Gasteiger partial charge in [-0.2, -0.15) is 0 Å². The first-order valence-corrected chi connectivity index (χ1v) is 9.38. The lowest BCUT2D eigenvalue weighted by atomic mass is 10.1. The molecule has 0 radical (unpaired) electrons. The lowest BCUT2D eigenvalue weighted by molar-refractivity contribution is -0.385. The fraction of sp³-hybridized carbons (Fsp3) is 0.176. The van der Waals surface area contributed by atoms with Gasteiger partial charge in [-0.15, -0.1) is 0 Å². The van der Waals surface area contributed by atoms with Gasteiger partial charge in [-0.25, -0.2) is 17.9 Å². The summed E-state index contributed by atoms with van der Waals surface area (Å²) < 4.78 is 30.6. The number of sulfonamides is 1. The minimum Gasteiger partial charge on any atom is -0.452 e. The number of amides is 1. The number of nitrogens with one attached hydrogen (secondary N) is 2. The van der Waals surface area contributed by atoms with E-state index in [0.717, 1.165) is 6.07 Å². The van der Waals surface area contributed by atoms with Gasteiger partial charge < -0.3 is 10.1 Å². The van der Waals surface area contributed by atoms with Crippen LogP contribution in [0.2, 0.25) is 0 Å². The highest BCUT2D eigenvalue weighted by atomic mass is 32.2. The molecule has 148 valence electrons. The molecule has 0 bridgehead atoms. The third-order valence-corrected chi connectivity index (χ3v) is 5.17. The molecule has 0 saturated heterocycles. The molecule has 0 fully saturated rings. The van der Waals surface area contributed by atoms with E-state index in [4.69, 9.17) is 4.74 Å². The molecule has 0 atom stereocenters. The SMILES string of the molecule is CNS(=O)(=O)c1cccc(C(=O)OCC(=O)Nc2cccc([N+](=O)[O-])c2C)c1. The fourth-order valence-corrected chi connectivity index (χ4v) is 3.04. The molecular formula is C17H17N3O7S. The number of carbonyl (C=O) groups excluding carboxylic acids is 2. The molecule has 0 aliphatic carbocycles. The minimum absolute atomic E-state index is 0.0457. The van der Waals surface area contributed by atoms with Crippen LogP contribution in [0.5, 0.6) is 0 Å². The number of hydrogen-bond acceptors (Lipinski definition) is 7. The van der Waals surface area contributed by atoms with Gasteiger partial charge in [0, 0.05) is 6.07 Å². The Morgan fingerprint density at radius 2 is 1.86 bits per heavy atom. The Kier molecular flexibility index (Phi) is 6.44. The van der Waals surface area contributed by atoms with Crippen LogP contribution < -0.4 is 10.0 Å². The minimum atomic E-state index is -3.73. The van der Waals surface area contributed by atoms with Crippen LogP contribution in [-0.4, -0.2) is 38.9 Å². The number of nitro groups is 1. The molecule has 10 nitrogen and oxygen atoms in total. The lowest BCUT2D eigenvalue weighted by Gasteiger charge is -2.09. The van der Waals surface area contributed by atoms with Gasteiger partial charge in [0.2, 0.25) is 10.0 Å². The summed E-state index contributed by atoms with van der Waals surface area (Å²) in [5.41, 5.74) is 0.280. The Morgan fingerprint density at radius 3 is 2.50 bits per heavy atom. The maximum absolute atomic E-state index is 12.1. The molecular weight excluding hydrogens is 390 g/mol. The first kappa shape index (κ1) is 21.0. The average Bonchev–Trinajstić information content (AvgIpc) is 2.67. The van der Waals surface area contributed by atoms with Gasteiger partial charge >= 0.3 is 5.97 Å². The molecule has 0 aliphatic heterocycles. The van der Waals surface area contributed by atoms with Gasteiger partial charge in [0.25, 0.3) is 11.6 Å². The van der Waals surface area contributed by atoms with Crippen LogP contribution >= 0.6 is 0 Å². The third-order valence-electron chi connectivity index (χ3n) is 3.76. The zero-order valence-electron chi connectivity index (χ0n) is 15.0. The first-order chi connectivity index (χ1) is 13.2. The molecule has 2 rings (SSSR count). The molecule has 0 aromatic heterocycles. The van der Waals surface area contributed by atoms with E-state index in [1.807, 2.05) is 0 Å². The zero-order chi connectivity index (χ0) is 20.9. The lowest BCUT2D eigenvalue weighted by Crippen LogP contribution is -2.22. The zero-order valence-corrected chi connectivity index (χ0v) is 15.8. The predicted molar refractivity (Wildman–Crippen MR) is 99.4 cm³/mol. The largest absolute Gasteiger partial charge is 0.452 e. The van der Waals surface area contributed by atoms with Crippen LogP contribution in [0.4, 0.5) is 11.4 Å². The highest BCUT2D eigenvalue weighted by molar-refractivity contribution is 7.89. The maximum atomic E-state index is 12.1. The highest BCUT2D eigenvalue weighted by Gasteiger charge is 2.18. The van der Waals surface area contributed by atoms with E-state index in [1.54, 1.807) is 0 Å². The smallest absolute Gasteiger partial charge is 0.338 e. The topological polar surface area (TPSA) is 145 Å². The van der Waals surface area contributed by atoms with Crippen molar-refractivity contribution < 1.29 is 27.7 Å². The van der Waals surface area contributed by atoms with Gasteiger partial charge in [-0.05, 0) is 38.2 Å².